The number of ether oxygens (including phenoxy) is 1. The first-order chi connectivity index (χ1) is 13.3. The van der Waals surface area contributed by atoms with E-state index in [1.165, 1.54) is 31.0 Å². The third kappa shape index (κ3) is 3.83. The van der Waals surface area contributed by atoms with Crippen LogP contribution in [0.25, 0.3) is 0 Å². The van der Waals surface area contributed by atoms with Gasteiger partial charge < -0.3 is 9.64 Å². The maximum Gasteiger partial charge on any atom is 0.416 e. The zero-order valence-corrected chi connectivity index (χ0v) is 16.1. The summed E-state index contributed by atoms with van der Waals surface area (Å²) in [5.41, 5.74) is -0.0907. The molecular weight excluding hydrogens is 394 g/mol. The second kappa shape index (κ2) is 8.03. The van der Waals surface area contributed by atoms with Crippen molar-refractivity contribution in [2.75, 3.05) is 24.8 Å². The van der Waals surface area contributed by atoms with Gasteiger partial charge in [-0.3, -0.25) is 4.79 Å². The minimum absolute atomic E-state index is 0.202. The van der Waals surface area contributed by atoms with Gasteiger partial charge in [-0.2, -0.15) is 13.2 Å². The van der Waals surface area contributed by atoms with Crippen molar-refractivity contribution in [2.24, 2.45) is 5.92 Å². The summed E-state index contributed by atoms with van der Waals surface area (Å²) in [4.78, 5) is 14.3. The van der Waals surface area contributed by atoms with Crippen LogP contribution in [0.4, 0.5) is 23.2 Å². The molecule has 0 saturated carbocycles. The van der Waals surface area contributed by atoms with E-state index in [0.717, 1.165) is 12.1 Å². The zero-order chi connectivity index (χ0) is 20.5. The van der Waals surface area contributed by atoms with Gasteiger partial charge in [0.15, 0.2) is 0 Å². The Bertz CT molecular complexity index is 858. The van der Waals surface area contributed by atoms with Gasteiger partial charge in [-0.15, -0.1) is 11.8 Å². The van der Waals surface area contributed by atoms with E-state index in [-0.39, 0.29) is 6.54 Å². The summed E-state index contributed by atoms with van der Waals surface area (Å²) in [6, 6.07) is 11.1. The van der Waals surface area contributed by atoms with E-state index < -0.39 is 40.7 Å². The van der Waals surface area contributed by atoms with Gasteiger partial charge in [0.25, 0.3) is 0 Å². The third-order valence-corrected chi connectivity index (χ3v) is 5.99. The van der Waals surface area contributed by atoms with Crippen molar-refractivity contribution in [3.8, 4) is 0 Å². The van der Waals surface area contributed by atoms with E-state index in [0.29, 0.717) is 11.3 Å². The molecule has 3 atom stereocenters. The third-order valence-electron chi connectivity index (χ3n) is 4.96. The van der Waals surface area contributed by atoms with Gasteiger partial charge >= 0.3 is 12.1 Å². The second-order valence-electron chi connectivity index (χ2n) is 6.51. The van der Waals surface area contributed by atoms with Crippen molar-refractivity contribution >= 4 is 23.4 Å². The minimum atomic E-state index is -4.49. The molecule has 0 radical (unpaired) electrons. The maximum atomic E-state index is 14.4. The van der Waals surface area contributed by atoms with Gasteiger partial charge in [0, 0.05) is 12.5 Å². The predicted octanol–water partition coefficient (Wildman–Crippen LogP) is 4.93. The molecule has 1 aliphatic rings. The highest BCUT2D eigenvalue weighted by atomic mass is 32.2. The van der Waals surface area contributed by atoms with Gasteiger partial charge in [0.05, 0.1) is 29.7 Å². The first kappa shape index (κ1) is 20.5. The summed E-state index contributed by atoms with van der Waals surface area (Å²) in [5.74, 6) is -2.27. The SMILES string of the molecule is COC(=O)C1C(c2cccc(C(F)(F)F)c2)CN(c2ccccc2F)C1SC. The number of halogens is 4. The number of carbonyl (C=O) groups excluding carboxylic acids is 1. The summed E-state index contributed by atoms with van der Waals surface area (Å²) < 4.78 is 58.8. The second-order valence-corrected chi connectivity index (χ2v) is 7.46. The normalized spacial score (nSPS) is 22.4. The average molecular weight is 413 g/mol. The van der Waals surface area contributed by atoms with Crippen LogP contribution in [-0.4, -0.2) is 31.3 Å². The van der Waals surface area contributed by atoms with Crippen molar-refractivity contribution in [3.05, 3.63) is 65.5 Å². The number of rotatable bonds is 4. The zero-order valence-electron chi connectivity index (χ0n) is 15.2. The molecular formula is C20H19F4NO2S. The molecule has 3 rings (SSSR count). The largest absolute Gasteiger partial charge is 0.469 e. The van der Waals surface area contributed by atoms with E-state index in [2.05, 4.69) is 0 Å². The topological polar surface area (TPSA) is 29.5 Å². The first-order valence-corrected chi connectivity index (χ1v) is 9.85. The monoisotopic (exact) mass is 413 g/mol. The van der Waals surface area contributed by atoms with Crippen molar-refractivity contribution < 1.29 is 27.1 Å². The summed E-state index contributed by atoms with van der Waals surface area (Å²) in [7, 11) is 1.24. The lowest BCUT2D eigenvalue weighted by atomic mass is 9.88. The van der Waals surface area contributed by atoms with Crippen LogP contribution in [-0.2, 0) is 15.7 Å². The lowest BCUT2D eigenvalue weighted by Crippen LogP contribution is -2.34. The van der Waals surface area contributed by atoms with E-state index in [9.17, 15) is 22.4 Å². The highest BCUT2D eigenvalue weighted by molar-refractivity contribution is 7.99. The molecule has 3 unspecified atom stereocenters. The fourth-order valence-electron chi connectivity index (χ4n) is 3.69. The smallest absolute Gasteiger partial charge is 0.416 e. The summed E-state index contributed by atoms with van der Waals surface area (Å²) in [5, 5.41) is -0.469. The molecule has 1 saturated heterocycles. The van der Waals surface area contributed by atoms with E-state index >= 15 is 0 Å². The predicted molar refractivity (Wildman–Crippen MR) is 101 cm³/mol. The molecule has 2 aromatic carbocycles. The molecule has 1 heterocycles. The summed E-state index contributed by atoms with van der Waals surface area (Å²) >= 11 is 1.34. The Labute approximate surface area is 164 Å². The van der Waals surface area contributed by atoms with Crippen LogP contribution in [0.2, 0.25) is 0 Å². The molecule has 0 aliphatic carbocycles. The molecule has 150 valence electrons. The molecule has 0 amide bonds. The molecule has 1 aliphatic heterocycles. The Balaban J connectivity index is 2.07. The van der Waals surface area contributed by atoms with E-state index in [1.807, 2.05) is 0 Å². The van der Waals surface area contributed by atoms with Gasteiger partial charge in [-0.1, -0.05) is 30.3 Å². The van der Waals surface area contributed by atoms with Crippen LogP contribution < -0.4 is 4.90 Å². The summed E-state index contributed by atoms with van der Waals surface area (Å²) in [6.45, 7) is 0.202. The summed E-state index contributed by atoms with van der Waals surface area (Å²) in [6.07, 6.45) is -2.71. The number of nitrogens with zero attached hydrogens (tertiary/aromatic N) is 1. The van der Waals surface area contributed by atoms with Crippen molar-refractivity contribution in [3.63, 3.8) is 0 Å². The van der Waals surface area contributed by atoms with Crippen LogP contribution in [0.3, 0.4) is 0 Å². The van der Waals surface area contributed by atoms with Crippen LogP contribution in [0.1, 0.15) is 17.0 Å². The number of thioether (sulfide) groups is 1. The molecule has 1 fully saturated rings. The lowest BCUT2D eigenvalue weighted by Gasteiger charge is -2.27. The Hall–Kier alpha value is -2.22. The molecule has 0 bridgehead atoms. The van der Waals surface area contributed by atoms with Crippen LogP contribution in [0.5, 0.6) is 0 Å². The van der Waals surface area contributed by atoms with Gasteiger partial charge in [0.1, 0.15) is 5.82 Å². The molecule has 3 nitrogen and oxygen atoms in total. The standard InChI is InChI=1S/C20H19F4NO2S/c1-27-19(26)17-14(12-6-5-7-13(10-12)20(22,23)24)11-25(18(17)28-2)16-9-4-3-8-15(16)21/h3-10,14,17-18H,11H2,1-2H3. The van der Waals surface area contributed by atoms with Crippen LogP contribution >= 0.6 is 11.8 Å². The molecule has 8 heteroatoms. The van der Waals surface area contributed by atoms with Gasteiger partial charge in [-0.05, 0) is 30.0 Å². The fourth-order valence-corrected chi connectivity index (χ4v) is 4.74. The number of carbonyl (C=O) groups is 1. The number of methoxy groups -OCH3 is 1. The van der Waals surface area contributed by atoms with Crippen LogP contribution in [0.15, 0.2) is 48.5 Å². The Morgan fingerprint density at radius 1 is 1.18 bits per heavy atom. The van der Waals surface area contributed by atoms with Gasteiger partial charge in [0.2, 0.25) is 0 Å². The highest BCUT2D eigenvalue weighted by Gasteiger charge is 2.48. The number of alkyl halides is 3. The first-order valence-electron chi connectivity index (χ1n) is 8.57. The van der Waals surface area contributed by atoms with Crippen molar-refractivity contribution in [2.45, 2.75) is 17.5 Å². The quantitative estimate of drug-likeness (QED) is 0.525. The number of anilines is 1. The van der Waals surface area contributed by atoms with Crippen LogP contribution in [0, 0.1) is 11.7 Å². The van der Waals surface area contributed by atoms with E-state index in [1.54, 1.807) is 35.4 Å². The number of benzene rings is 2. The average Bonchev–Trinajstić information content (AvgIpc) is 3.06. The Morgan fingerprint density at radius 2 is 1.89 bits per heavy atom. The molecule has 0 spiro atoms. The van der Waals surface area contributed by atoms with E-state index in [4.69, 9.17) is 4.74 Å². The van der Waals surface area contributed by atoms with Gasteiger partial charge in [-0.25, -0.2) is 4.39 Å². The molecule has 28 heavy (non-hydrogen) atoms. The fraction of sp³-hybridized carbons (Fsp3) is 0.350. The highest BCUT2D eigenvalue weighted by Crippen LogP contribution is 2.45. The lowest BCUT2D eigenvalue weighted by molar-refractivity contribution is -0.145. The number of para-hydroxylation sites is 1. The maximum absolute atomic E-state index is 14.4. The molecule has 2 aromatic rings. The number of hydrogen-bond donors (Lipinski definition) is 0. The van der Waals surface area contributed by atoms with Crippen molar-refractivity contribution in [1.82, 2.24) is 0 Å². The Kier molecular flexibility index (Phi) is 5.88. The number of esters is 1. The number of hydrogen-bond acceptors (Lipinski definition) is 4. The minimum Gasteiger partial charge on any atom is -0.469 e. The molecule has 0 N–H and O–H groups in total. The van der Waals surface area contributed by atoms with Crippen molar-refractivity contribution in [1.29, 1.82) is 0 Å². The Morgan fingerprint density at radius 3 is 2.50 bits per heavy atom. The molecule has 0 aromatic heterocycles.